The van der Waals surface area contributed by atoms with Crippen LogP contribution in [0.2, 0.25) is 0 Å². The van der Waals surface area contributed by atoms with Gasteiger partial charge in [0.05, 0.1) is 6.54 Å². The second kappa shape index (κ2) is 10.5. The van der Waals surface area contributed by atoms with Crippen LogP contribution in [0.3, 0.4) is 0 Å². The average molecular weight is 434 g/mol. The van der Waals surface area contributed by atoms with Crippen molar-refractivity contribution in [2.24, 2.45) is 13.0 Å². The Morgan fingerprint density at radius 1 is 0.969 bits per heavy atom. The van der Waals surface area contributed by atoms with Gasteiger partial charge in [-0.3, -0.25) is 9.59 Å². The van der Waals surface area contributed by atoms with E-state index in [0.29, 0.717) is 24.6 Å². The van der Waals surface area contributed by atoms with Crippen molar-refractivity contribution in [3.05, 3.63) is 72.1 Å². The first-order chi connectivity index (χ1) is 15.3. The quantitative estimate of drug-likeness (QED) is 0.471. The number of fused-ring (bicyclic) bond motifs is 1. The summed E-state index contributed by atoms with van der Waals surface area (Å²) < 4.78 is 2.03. The lowest BCUT2D eigenvalue weighted by molar-refractivity contribution is -0.133. The van der Waals surface area contributed by atoms with Crippen LogP contribution in [-0.2, 0) is 18.4 Å². The van der Waals surface area contributed by atoms with Crippen LogP contribution >= 0.6 is 0 Å². The first-order valence-electron chi connectivity index (χ1n) is 11.5. The molecular weight excluding hydrogens is 398 g/mol. The summed E-state index contributed by atoms with van der Waals surface area (Å²) in [6.07, 6.45) is 2.77. The van der Waals surface area contributed by atoms with Crippen LogP contribution in [0.1, 0.15) is 50.2 Å². The minimum absolute atomic E-state index is 0.0191. The molecule has 1 aromatic heterocycles. The van der Waals surface area contributed by atoms with Gasteiger partial charge in [0.2, 0.25) is 5.91 Å². The van der Waals surface area contributed by atoms with Crippen molar-refractivity contribution in [2.75, 3.05) is 13.1 Å². The lowest BCUT2D eigenvalue weighted by atomic mass is 10.1. The Labute approximate surface area is 191 Å². The second-order valence-corrected chi connectivity index (χ2v) is 9.03. The van der Waals surface area contributed by atoms with Gasteiger partial charge in [-0.05, 0) is 54.3 Å². The number of hydrogen-bond donors (Lipinski definition) is 0. The maximum absolute atomic E-state index is 13.5. The molecule has 0 radical (unpaired) electrons. The zero-order valence-electron chi connectivity index (χ0n) is 19.9. The molecule has 0 spiro atoms. The summed E-state index contributed by atoms with van der Waals surface area (Å²) >= 11 is 0. The number of carbonyl (C=O) groups is 2. The molecule has 170 valence electrons. The molecular formula is C27H35N3O2. The van der Waals surface area contributed by atoms with Gasteiger partial charge in [-0.1, -0.05) is 51.1 Å². The van der Waals surface area contributed by atoms with Crippen molar-refractivity contribution < 1.29 is 9.59 Å². The van der Waals surface area contributed by atoms with Crippen molar-refractivity contribution in [1.29, 1.82) is 0 Å². The van der Waals surface area contributed by atoms with Gasteiger partial charge in [0.15, 0.2) is 0 Å². The summed E-state index contributed by atoms with van der Waals surface area (Å²) in [7, 11) is 1.99. The minimum Gasteiger partial charge on any atom is -0.353 e. The van der Waals surface area contributed by atoms with Gasteiger partial charge in [0, 0.05) is 37.1 Å². The van der Waals surface area contributed by atoms with E-state index in [2.05, 4.69) is 13.8 Å². The molecule has 2 aromatic carbocycles. The fraction of sp³-hybridized carbons (Fsp3) is 0.407. The smallest absolute Gasteiger partial charge is 0.254 e. The molecule has 0 bridgehead atoms. The van der Waals surface area contributed by atoms with E-state index in [0.717, 1.165) is 22.9 Å². The predicted molar refractivity (Wildman–Crippen MR) is 130 cm³/mol. The molecule has 1 atom stereocenters. The van der Waals surface area contributed by atoms with E-state index in [1.54, 1.807) is 4.90 Å². The molecule has 0 aliphatic carbocycles. The summed E-state index contributed by atoms with van der Waals surface area (Å²) in [5.74, 6) is 0.226. The maximum Gasteiger partial charge on any atom is 0.254 e. The van der Waals surface area contributed by atoms with Crippen LogP contribution in [0.5, 0.6) is 0 Å². The Morgan fingerprint density at radius 3 is 2.31 bits per heavy atom. The molecule has 3 rings (SSSR count). The average Bonchev–Trinajstić information content (AvgIpc) is 3.19. The molecule has 5 heteroatoms. The van der Waals surface area contributed by atoms with Crippen molar-refractivity contribution in [1.82, 2.24) is 14.4 Å². The lowest BCUT2D eigenvalue weighted by Gasteiger charge is -2.32. The Kier molecular flexibility index (Phi) is 7.73. The van der Waals surface area contributed by atoms with E-state index < -0.39 is 0 Å². The van der Waals surface area contributed by atoms with Crippen molar-refractivity contribution >= 4 is 22.6 Å². The number of hydrogen-bond acceptors (Lipinski definition) is 2. The number of nitrogens with zero attached hydrogens (tertiary/aromatic N) is 3. The van der Waals surface area contributed by atoms with Gasteiger partial charge < -0.3 is 14.4 Å². The fourth-order valence-corrected chi connectivity index (χ4v) is 3.93. The normalized spacial score (nSPS) is 12.2. The summed E-state index contributed by atoms with van der Waals surface area (Å²) in [5, 5.41) is 2.12. The summed E-state index contributed by atoms with van der Waals surface area (Å²) in [5.41, 5.74) is 1.70. The fourth-order valence-electron chi connectivity index (χ4n) is 3.93. The molecule has 32 heavy (non-hydrogen) atoms. The topological polar surface area (TPSA) is 45.6 Å². The van der Waals surface area contributed by atoms with Crippen LogP contribution in [0, 0.1) is 5.92 Å². The van der Waals surface area contributed by atoms with E-state index >= 15 is 0 Å². The molecule has 0 fully saturated rings. The van der Waals surface area contributed by atoms with Crippen LogP contribution < -0.4 is 0 Å². The third-order valence-electron chi connectivity index (χ3n) is 6.03. The highest BCUT2D eigenvalue weighted by Gasteiger charge is 2.26. The highest BCUT2D eigenvalue weighted by atomic mass is 16.2. The number of carbonyl (C=O) groups excluding carboxylic acids is 2. The monoisotopic (exact) mass is 433 g/mol. The van der Waals surface area contributed by atoms with Crippen LogP contribution in [0.15, 0.2) is 60.8 Å². The lowest BCUT2D eigenvalue weighted by Crippen LogP contribution is -2.47. The zero-order valence-corrected chi connectivity index (χ0v) is 19.9. The molecule has 1 unspecified atom stereocenters. The highest BCUT2D eigenvalue weighted by Crippen LogP contribution is 2.19. The van der Waals surface area contributed by atoms with Gasteiger partial charge in [-0.2, -0.15) is 0 Å². The number of aromatic nitrogens is 1. The van der Waals surface area contributed by atoms with Gasteiger partial charge in [-0.15, -0.1) is 0 Å². The highest BCUT2D eigenvalue weighted by molar-refractivity contribution is 6.00. The van der Waals surface area contributed by atoms with Crippen molar-refractivity contribution in [3.63, 3.8) is 0 Å². The Morgan fingerprint density at radius 2 is 1.69 bits per heavy atom. The Hall–Kier alpha value is -3.08. The molecule has 0 aliphatic heterocycles. The largest absolute Gasteiger partial charge is 0.353 e. The first kappa shape index (κ1) is 23.6. The van der Waals surface area contributed by atoms with Crippen molar-refractivity contribution in [3.8, 4) is 0 Å². The van der Waals surface area contributed by atoms with Crippen molar-refractivity contribution in [2.45, 2.75) is 46.7 Å². The zero-order chi connectivity index (χ0) is 23.3. The van der Waals surface area contributed by atoms with Crippen LogP contribution in [0.25, 0.3) is 10.8 Å². The Bertz CT molecular complexity index is 1070. The van der Waals surface area contributed by atoms with E-state index in [-0.39, 0.29) is 24.4 Å². The third kappa shape index (κ3) is 5.58. The number of amides is 2. The molecule has 5 nitrogen and oxygen atoms in total. The van der Waals surface area contributed by atoms with Gasteiger partial charge in [-0.25, -0.2) is 0 Å². The Balaban J connectivity index is 1.84. The molecule has 0 aliphatic rings. The number of rotatable bonds is 9. The number of aryl methyl sites for hydroxylation is 1. The number of benzene rings is 2. The summed E-state index contributed by atoms with van der Waals surface area (Å²) in [6.45, 7) is 9.55. The van der Waals surface area contributed by atoms with E-state index in [1.807, 2.05) is 91.2 Å². The van der Waals surface area contributed by atoms with Gasteiger partial charge in [0.25, 0.3) is 5.91 Å². The molecule has 0 N–H and O–H groups in total. The van der Waals surface area contributed by atoms with Crippen LogP contribution in [0.4, 0.5) is 0 Å². The van der Waals surface area contributed by atoms with E-state index in [4.69, 9.17) is 0 Å². The van der Waals surface area contributed by atoms with E-state index in [1.165, 1.54) is 0 Å². The van der Waals surface area contributed by atoms with Gasteiger partial charge >= 0.3 is 0 Å². The predicted octanol–water partition coefficient (Wildman–Crippen LogP) is 5.10. The molecule has 0 saturated carbocycles. The molecule has 1 heterocycles. The molecule has 0 saturated heterocycles. The first-order valence-corrected chi connectivity index (χ1v) is 11.5. The summed E-state index contributed by atoms with van der Waals surface area (Å²) in [6, 6.07) is 17.8. The van der Waals surface area contributed by atoms with Crippen LogP contribution in [-0.4, -0.2) is 45.3 Å². The van der Waals surface area contributed by atoms with Gasteiger partial charge in [0.1, 0.15) is 6.54 Å². The second-order valence-electron chi connectivity index (χ2n) is 9.03. The minimum atomic E-state index is -0.0955. The summed E-state index contributed by atoms with van der Waals surface area (Å²) in [4.78, 5) is 30.5. The molecule has 2 amide bonds. The van der Waals surface area contributed by atoms with E-state index in [9.17, 15) is 9.59 Å². The standard InChI is InChI=1S/C27H35N3O2/c1-6-21(4)30(27(32)24-14-13-22-10-7-8-11-23(22)16-24)19-26(31)29(17-20(2)3)18-25-12-9-15-28(25)5/h7-16,20-21H,6,17-19H2,1-5H3. The SMILES string of the molecule is CCC(C)N(CC(=O)N(Cc1cccn1C)CC(C)C)C(=O)c1ccc2ccccc2c1. The maximum atomic E-state index is 13.5. The third-order valence-corrected chi connectivity index (χ3v) is 6.03. The molecule has 3 aromatic rings.